The van der Waals surface area contributed by atoms with Gasteiger partial charge in [-0.15, -0.1) is 0 Å². The Kier molecular flexibility index (Phi) is 1.48. The number of carboxylic acid groups (broad SMARTS) is 1. The molecule has 0 aliphatic heterocycles. The normalized spacial score (nSPS) is 10.5. The first-order valence-electron chi connectivity index (χ1n) is 3.69. The van der Waals surface area contributed by atoms with Crippen molar-refractivity contribution in [2.24, 2.45) is 0 Å². The highest BCUT2D eigenvalue weighted by Gasteiger charge is 2.13. The Morgan fingerprint density at radius 3 is 2.92 bits per heavy atom. The number of hydrogen-bond acceptors (Lipinski definition) is 3. The molecule has 0 saturated carbocycles. The lowest BCUT2D eigenvalue weighted by Crippen LogP contribution is -1.96. The molecule has 4 nitrogen and oxygen atoms in total. The molecule has 13 heavy (non-hydrogen) atoms. The van der Waals surface area contributed by atoms with Crippen LogP contribution in [0.5, 0.6) is 0 Å². The molecule has 0 saturated heterocycles. The fourth-order valence-corrected chi connectivity index (χ4v) is 1.27. The van der Waals surface area contributed by atoms with Crippen molar-refractivity contribution in [2.45, 2.75) is 0 Å². The highest BCUT2D eigenvalue weighted by Crippen LogP contribution is 2.26. The predicted molar refractivity (Wildman–Crippen MR) is 47.6 cm³/mol. The van der Waals surface area contributed by atoms with Gasteiger partial charge in [-0.2, -0.15) is 0 Å². The summed E-state index contributed by atoms with van der Waals surface area (Å²) in [5.41, 5.74) is 6.64. The Hall–Kier alpha value is -1.97. The van der Waals surface area contributed by atoms with E-state index in [0.29, 0.717) is 16.7 Å². The standard InChI is InChI=1S/C9H7NO3/c10-6-2-1-3-7-8(6)5(4-13-7)9(11)12/h1-4H,10H2,(H,11,12). The molecule has 0 aliphatic rings. The zero-order valence-corrected chi connectivity index (χ0v) is 6.65. The molecule has 1 aromatic heterocycles. The molecule has 2 rings (SSSR count). The summed E-state index contributed by atoms with van der Waals surface area (Å²) in [6.07, 6.45) is 1.20. The fraction of sp³-hybridized carbons (Fsp3) is 0. The summed E-state index contributed by atoms with van der Waals surface area (Å²) in [6.45, 7) is 0. The van der Waals surface area contributed by atoms with E-state index in [-0.39, 0.29) is 5.56 Å². The van der Waals surface area contributed by atoms with Crippen LogP contribution in [0.1, 0.15) is 10.4 Å². The van der Waals surface area contributed by atoms with Gasteiger partial charge in [0.1, 0.15) is 17.4 Å². The van der Waals surface area contributed by atoms with Crippen LogP contribution in [0.4, 0.5) is 5.69 Å². The molecular weight excluding hydrogens is 170 g/mol. The zero-order valence-electron chi connectivity index (χ0n) is 6.65. The lowest BCUT2D eigenvalue weighted by Gasteiger charge is -1.94. The van der Waals surface area contributed by atoms with Crippen LogP contribution in [0.15, 0.2) is 28.9 Å². The number of carbonyl (C=O) groups is 1. The van der Waals surface area contributed by atoms with Crippen molar-refractivity contribution in [1.82, 2.24) is 0 Å². The first-order valence-corrected chi connectivity index (χ1v) is 3.69. The van der Waals surface area contributed by atoms with Crippen molar-refractivity contribution in [3.05, 3.63) is 30.0 Å². The molecule has 0 atom stereocenters. The summed E-state index contributed by atoms with van der Waals surface area (Å²) >= 11 is 0. The summed E-state index contributed by atoms with van der Waals surface area (Å²) in [4.78, 5) is 10.7. The number of nitrogen functional groups attached to an aromatic ring is 1. The number of rotatable bonds is 1. The first kappa shape index (κ1) is 7.67. The molecule has 1 aromatic carbocycles. The van der Waals surface area contributed by atoms with E-state index in [4.69, 9.17) is 15.3 Å². The summed E-state index contributed by atoms with van der Waals surface area (Å²) in [5.74, 6) is -1.03. The molecule has 0 bridgehead atoms. The molecule has 66 valence electrons. The van der Waals surface area contributed by atoms with Crippen molar-refractivity contribution < 1.29 is 14.3 Å². The minimum absolute atomic E-state index is 0.105. The molecule has 0 unspecified atom stereocenters. The average molecular weight is 177 g/mol. The van der Waals surface area contributed by atoms with E-state index in [1.165, 1.54) is 6.26 Å². The summed E-state index contributed by atoms with van der Waals surface area (Å²) in [5, 5.41) is 9.25. The van der Waals surface area contributed by atoms with Gasteiger partial charge in [-0.3, -0.25) is 0 Å². The van der Waals surface area contributed by atoms with E-state index >= 15 is 0 Å². The number of anilines is 1. The third-order valence-corrected chi connectivity index (χ3v) is 1.86. The van der Waals surface area contributed by atoms with Gasteiger partial charge in [-0.05, 0) is 12.1 Å². The maximum absolute atomic E-state index is 10.7. The van der Waals surface area contributed by atoms with Gasteiger partial charge in [-0.1, -0.05) is 6.07 Å². The van der Waals surface area contributed by atoms with Crippen LogP contribution in [0.25, 0.3) is 11.0 Å². The van der Waals surface area contributed by atoms with Gasteiger partial charge in [0.15, 0.2) is 0 Å². The highest BCUT2D eigenvalue weighted by atomic mass is 16.4. The SMILES string of the molecule is Nc1cccc2occ(C(=O)O)c12. The molecule has 0 fully saturated rings. The van der Waals surface area contributed by atoms with Crippen LogP contribution < -0.4 is 5.73 Å². The van der Waals surface area contributed by atoms with E-state index < -0.39 is 5.97 Å². The van der Waals surface area contributed by atoms with E-state index in [2.05, 4.69) is 0 Å². The zero-order chi connectivity index (χ0) is 9.42. The Bertz CT molecular complexity index is 473. The Morgan fingerprint density at radius 2 is 2.23 bits per heavy atom. The molecule has 0 amide bonds. The predicted octanol–water partition coefficient (Wildman–Crippen LogP) is 1.71. The van der Waals surface area contributed by atoms with Gasteiger partial charge in [0, 0.05) is 5.69 Å². The van der Waals surface area contributed by atoms with Crippen molar-refractivity contribution in [1.29, 1.82) is 0 Å². The van der Waals surface area contributed by atoms with Gasteiger partial charge in [0.25, 0.3) is 0 Å². The topological polar surface area (TPSA) is 76.5 Å². The first-order chi connectivity index (χ1) is 6.20. The van der Waals surface area contributed by atoms with Crippen molar-refractivity contribution >= 4 is 22.6 Å². The molecule has 0 spiro atoms. The van der Waals surface area contributed by atoms with Crippen LogP contribution in [-0.4, -0.2) is 11.1 Å². The van der Waals surface area contributed by atoms with Crippen molar-refractivity contribution in [2.75, 3.05) is 5.73 Å². The highest BCUT2D eigenvalue weighted by molar-refractivity contribution is 6.07. The quantitative estimate of drug-likeness (QED) is 0.650. The van der Waals surface area contributed by atoms with Crippen LogP contribution in [0.2, 0.25) is 0 Å². The van der Waals surface area contributed by atoms with Crippen LogP contribution >= 0.6 is 0 Å². The maximum Gasteiger partial charge on any atom is 0.339 e. The number of nitrogens with two attached hydrogens (primary N) is 1. The lowest BCUT2D eigenvalue weighted by molar-refractivity contribution is 0.0698. The molecule has 0 radical (unpaired) electrons. The largest absolute Gasteiger partial charge is 0.478 e. The Balaban J connectivity index is 2.86. The van der Waals surface area contributed by atoms with Gasteiger partial charge in [0.2, 0.25) is 0 Å². The number of hydrogen-bond donors (Lipinski definition) is 2. The van der Waals surface area contributed by atoms with Crippen molar-refractivity contribution in [3.8, 4) is 0 Å². The number of benzene rings is 1. The molecule has 2 aromatic rings. The summed E-state index contributed by atoms with van der Waals surface area (Å²) in [6, 6.07) is 5.04. The molecule has 0 aliphatic carbocycles. The Morgan fingerprint density at radius 1 is 1.46 bits per heavy atom. The second-order valence-electron chi connectivity index (χ2n) is 2.67. The van der Waals surface area contributed by atoms with E-state index in [1.807, 2.05) is 0 Å². The Labute approximate surface area is 73.6 Å². The van der Waals surface area contributed by atoms with E-state index in [0.717, 1.165) is 0 Å². The summed E-state index contributed by atoms with van der Waals surface area (Å²) < 4.78 is 5.03. The van der Waals surface area contributed by atoms with Gasteiger partial charge < -0.3 is 15.3 Å². The molecule has 1 heterocycles. The minimum Gasteiger partial charge on any atom is -0.478 e. The third kappa shape index (κ3) is 1.03. The van der Waals surface area contributed by atoms with Crippen molar-refractivity contribution in [3.63, 3.8) is 0 Å². The number of aromatic carboxylic acids is 1. The maximum atomic E-state index is 10.7. The van der Waals surface area contributed by atoms with Crippen LogP contribution in [-0.2, 0) is 0 Å². The van der Waals surface area contributed by atoms with Gasteiger partial charge in [0.05, 0.1) is 5.39 Å². The fourth-order valence-electron chi connectivity index (χ4n) is 1.27. The van der Waals surface area contributed by atoms with Gasteiger partial charge >= 0.3 is 5.97 Å². The van der Waals surface area contributed by atoms with E-state index in [9.17, 15) is 4.79 Å². The van der Waals surface area contributed by atoms with Crippen LogP contribution in [0, 0.1) is 0 Å². The molecular formula is C9H7NO3. The average Bonchev–Trinajstić information content (AvgIpc) is 2.49. The van der Waals surface area contributed by atoms with E-state index in [1.54, 1.807) is 18.2 Å². The summed E-state index contributed by atoms with van der Waals surface area (Å²) in [7, 11) is 0. The third-order valence-electron chi connectivity index (χ3n) is 1.86. The van der Waals surface area contributed by atoms with Crippen LogP contribution in [0.3, 0.4) is 0 Å². The molecule has 4 heteroatoms. The lowest BCUT2D eigenvalue weighted by atomic mass is 10.1. The number of fused-ring (bicyclic) bond motifs is 1. The second kappa shape index (κ2) is 2.52. The number of furan rings is 1. The van der Waals surface area contributed by atoms with Gasteiger partial charge in [-0.25, -0.2) is 4.79 Å². The monoisotopic (exact) mass is 177 g/mol. The number of carboxylic acids is 1. The minimum atomic E-state index is -1.03. The smallest absolute Gasteiger partial charge is 0.339 e. The molecule has 3 N–H and O–H groups in total. The second-order valence-corrected chi connectivity index (χ2v) is 2.67.